The largest absolute Gasteiger partial charge is 0.478 e. The van der Waals surface area contributed by atoms with Crippen molar-refractivity contribution in [2.45, 2.75) is 37.6 Å². The fourth-order valence-electron chi connectivity index (χ4n) is 3.49. The molecule has 0 saturated carbocycles. The van der Waals surface area contributed by atoms with Crippen LogP contribution in [-0.2, 0) is 10.0 Å². The van der Waals surface area contributed by atoms with Crippen molar-refractivity contribution in [3.05, 3.63) is 79.6 Å². The number of sulfonamides is 1. The summed E-state index contributed by atoms with van der Waals surface area (Å²) in [6.07, 6.45) is 0. The minimum atomic E-state index is -4.91. The van der Waals surface area contributed by atoms with E-state index < -0.39 is 61.7 Å². The summed E-state index contributed by atoms with van der Waals surface area (Å²) in [6.45, 7) is 4.79. The molecule has 0 bridgehead atoms. The molecule has 3 N–H and O–H groups in total. The molecule has 0 spiro atoms. The number of H-pyrrole nitrogens is 1. The van der Waals surface area contributed by atoms with Gasteiger partial charge >= 0.3 is 11.7 Å². The Morgan fingerprint density at radius 1 is 1.24 bits per heavy atom. The lowest BCUT2D eigenvalue weighted by Crippen LogP contribution is -2.34. The van der Waals surface area contributed by atoms with Crippen molar-refractivity contribution in [3.63, 3.8) is 0 Å². The molecule has 1 heterocycles. The van der Waals surface area contributed by atoms with Crippen molar-refractivity contribution in [2.75, 3.05) is 0 Å². The Balaban J connectivity index is 2.19. The van der Waals surface area contributed by atoms with Gasteiger partial charge in [-0.05, 0) is 48.7 Å². The number of aromatic nitrogens is 2. The van der Waals surface area contributed by atoms with Crippen LogP contribution in [0.15, 0.2) is 38.4 Å². The van der Waals surface area contributed by atoms with E-state index in [4.69, 9.17) is 16.0 Å². The third kappa shape index (κ3) is 4.82. The fourth-order valence-corrected chi connectivity index (χ4v) is 5.20. The van der Waals surface area contributed by atoms with Crippen LogP contribution in [0.1, 0.15) is 51.8 Å². The standard InChI is InChI=1S/C20H18ClF2N3O6S/c1-8-4-5-13(22)15(9(8)2)10(3)16(18-24-25-20(29)32-18)26-33(30,31)17-12(19(27)28)6-11(21)7-14(17)23/h4-7,10,16,26H,1-3H3,(H,25,29)(H,27,28). The lowest BCUT2D eigenvalue weighted by atomic mass is 9.88. The zero-order chi connectivity index (χ0) is 24.7. The average molecular weight is 502 g/mol. The zero-order valence-corrected chi connectivity index (χ0v) is 19.0. The number of carboxylic acids is 1. The third-order valence-corrected chi connectivity index (χ3v) is 6.93. The first kappa shape index (κ1) is 24.6. The highest BCUT2D eigenvalue weighted by molar-refractivity contribution is 7.89. The number of aromatic amines is 1. The molecule has 2 atom stereocenters. The van der Waals surface area contributed by atoms with Gasteiger partial charge in [0.15, 0.2) is 0 Å². The number of aryl methyl sites for hydroxylation is 1. The van der Waals surface area contributed by atoms with Gasteiger partial charge in [-0.25, -0.2) is 31.9 Å². The minimum absolute atomic E-state index is 0.100. The number of carboxylic acid groups (broad SMARTS) is 1. The van der Waals surface area contributed by atoms with E-state index in [0.717, 1.165) is 6.07 Å². The molecule has 2 unspecified atom stereocenters. The molecule has 0 aliphatic carbocycles. The van der Waals surface area contributed by atoms with Gasteiger partial charge in [-0.3, -0.25) is 0 Å². The van der Waals surface area contributed by atoms with Crippen LogP contribution in [-0.4, -0.2) is 29.7 Å². The van der Waals surface area contributed by atoms with Gasteiger partial charge in [0.25, 0.3) is 0 Å². The van der Waals surface area contributed by atoms with Gasteiger partial charge in [0.2, 0.25) is 15.9 Å². The first-order valence-corrected chi connectivity index (χ1v) is 11.2. The Morgan fingerprint density at radius 2 is 1.91 bits per heavy atom. The summed E-state index contributed by atoms with van der Waals surface area (Å²) in [5.74, 6) is -6.30. The topological polar surface area (TPSA) is 142 Å². The molecule has 9 nitrogen and oxygen atoms in total. The maximum Gasteiger partial charge on any atom is 0.434 e. The maximum absolute atomic E-state index is 14.7. The number of nitrogens with zero attached hydrogens (tertiary/aromatic N) is 1. The first-order valence-electron chi connectivity index (χ1n) is 9.39. The summed E-state index contributed by atoms with van der Waals surface area (Å²) >= 11 is 5.68. The molecule has 1 aromatic heterocycles. The highest BCUT2D eigenvalue weighted by atomic mass is 35.5. The Kier molecular flexibility index (Phi) is 6.73. The maximum atomic E-state index is 14.7. The van der Waals surface area contributed by atoms with E-state index in [2.05, 4.69) is 9.82 Å². The Labute approximate surface area is 191 Å². The molecular weight excluding hydrogens is 484 g/mol. The van der Waals surface area contributed by atoms with Crippen molar-refractivity contribution >= 4 is 27.6 Å². The number of nitrogens with one attached hydrogen (secondary N) is 2. The molecule has 0 aliphatic heterocycles. The van der Waals surface area contributed by atoms with Crippen molar-refractivity contribution < 1.29 is 31.5 Å². The van der Waals surface area contributed by atoms with Gasteiger partial charge in [0.05, 0.1) is 5.56 Å². The lowest BCUT2D eigenvalue weighted by Gasteiger charge is -2.25. The summed E-state index contributed by atoms with van der Waals surface area (Å²) < 4.78 is 62.7. The first-order chi connectivity index (χ1) is 15.3. The second kappa shape index (κ2) is 9.04. The number of halogens is 3. The second-order valence-electron chi connectivity index (χ2n) is 7.31. The molecule has 3 aromatic rings. The molecule has 2 aromatic carbocycles. The summed E-state index contributed by atoms with van der Waals surface area (Å²) in [5, 5.41) is 14.7. The molecule has 0 saturated heterocycles. The van der Waals surface area contributed by atoms with E-state index in [0.29, 0.717) is 17.2 Å². The highest BCUT2D eigenvalue weighted by Crippen LogP contribution is 2.36. The van der Waals surface area contributed by atoms with Crippen molar-refractivity contribution in [3.8, 4) is 0 Å². The highest BCUT2D eigenvalue weighted by Gasteiger charge is 2.36. The van der Waals surface area contributed by atoms with Gasteiger partial charge in [-0.2, -0.15) is 4.72 Å². The molecule has 0 amide bonds. The average Bonchev–Trinajstić information content (AvgIpc) is 3.14. The van der Waals surface area contributed by atoms with E-state index in [1.807, 2.05) is 5.10 Å². The fraction of sp³-hybridized carbons (Fsp3) is 0.250. The monoisotopic (exact) mass is 501 g/mol. The second-order valence-corrected chi connectivity index (χ2v) is 9.40. The van der Waals surface area contributed by atoms with Crippen LogP contribution in [0.5, 0.6) is 0 Å². The number of hydrogen-bond donors (Lipinski definition) is 3. The summed E-state index contributed by atoms with van der Waals surface area (Å²) in [7, 11) is -4.91. The number of rotatable bonds is 7. The van der Waals surface area contributed by atoms with Gasteiger partial charge < -0.3 is 9.52 Å². The van der Waals surface area contributed by atoms with Crippen LogP contribution < -0.4 is 10.5 Å². The Hall–Kier alpha value is -3.09. The van der Waals surface area contributed by atoms with E-state index in [1.54, 1.807) is 13.8 Å². The normalized spacial score (nSPS) is 13.6. The van der Waals surface area contributed by atoms with E-state index in [9.17, 15) is 31.9 Å². The van der Waals surface area contributed by atoms with Crippen LogP contribution >= 0.6 is 11.6 Å². The van der Waals surface area contributed by atoms with Gasteiger partial charge in [0.1, 0.15) is 22.6 Å². The predicted octanol–water partition coefficient (Wildman–Crippen LogP) is 3.43. The Bertz CT molecular complexity index is 1400. The van der Waals surface area contributed by atoms with E-state index in [1.165, 1.54) is 19.1 Å². The van der Waals surface area contributed by atoms with Gasteiger partial charge in [-0.1, -0.05) is 24.6 Å². The molecule has 33 heavy (non-hydrogen) atoms. The van der Waals surface area contributed by atoms with Crippen molar-refractivity contribution in [2.24, 2.45) is 0 Å². The molecule has 0 radical (unpaired) electrons. The SMILES string of the molecule is Cc1ccc(F)c(C(C)C(NS(=O)(=O)c2c(F)cc(Cl)cc2C(=O)O)c2n[nH]c(=O)o2)c1C. The predicted molar refractivity (Wildman–Crippen MR) is 113 cm³/mol. The lowest BCUT2D eigenvalue weighted by molar-refractivity contribution is 0.0691. The van der Waals surface area contributed by atoms with Crippen LogP contribution in [0, 0.1) is 25.5 Å². The smallest absolute Gasteiger partial charge is 0.434 e. The number of benzene rings is 2. The molecular formula is C20H18ClF2N3O6S. The minimum Gasteiger partial charge on any atom is -0.478 e. The quantitative estimate of drug-likeness (QED) is 0.450. The molecule has 0 fully saturated rings. The van der Waals surface area contributed by atoms with Crippen molar-refractivity contribution in [1.29, 1.82) is 0 Å². The van der Waals surface area contributed by atoms with Gasteiger partial charge in [0, 0.05) is 10.9 Å². The van der Waals surface area contributed by atoms with Crippen LogP contribution in [0.3, 0.4) is 0 Å². The molecule has 0 aliphatic rings. The molecule has 3 rings (SSSR count). The van der Waals surface area contributed by atoms with Crippen LogP contribution in [0.25, 0.3) is 0 Å². The van der Waals surface area contributed by atoms with E-state index >= 15 is 0 Å². The number of carbonyl (C=O) groups is 1. The van der Waals surface area contributed by atoms with E-state index in [-0.39, 0.29) is 10.6 Å². The number of aromatic carboxylic acids is 1. The summed E-state index contributed by atoms with van der Waals surface area (Å²) in [5.41, 5.74) is 0.400. The third-order valence-electron chi connectivity index (χ3n) is 5.20. The molecule has 13 heteroatoms. The Morgan fingerprint density at radius 3 is 2.48 bits per heavy atom. The molecule has 176 valence electrons. The summed E-state index contributed by atoms with van der Waals surface area (Å²) in [6, 6.07) is 2.64. The summed E-state index contributed by atoms with van der Waals surface area (Å²) in [4.78, 5) is 21.9. The van der Waals surface area contributed by atoms with Crippen molar-refractivity contribution in [1.82, 2.24) is 14.9 Å². The van der Waals surface area contributed by atoms with Crippen LogP contribution in [0.2, 0.25) is 5.02 Å². The zero-order valence-electron chi connectivity index (χ0n) is 17.4. The van der Waals surface area contributed by atoms with Gasteiger partial charge in [-0.15, -0.1) is 5.10 Å². The number of hydrogen-bond acceptors (Lipinski definition) is 6. The van der Waals surface area contributed by atoms with Crippen LogP contribution in [0.4, 0.5) is 8.78 Å².